The van der Waals surface area contributed by atoms with E-state index in [4.69, 9.17) is 9.47 Å². The number of benzene rings is 2. The van der Waals surface area contributed by atoms with Gasteiger partial charge in [0.2, 0.25) is 11.8 Å². The summed E-state index contributed by atoms with van der Waals surface area (Å²) in [5.41, 5.74) is -0.165. The van der Waals surface area contributed by atoms with Crippen LogP contribution in [0.1, 0.15) is 25.0 Å². The SMILES string of the molecule is C=S(=O)(NC(=O)C(F)(F)F)c1ccc(Nc2ncc(C(F)(F)F)c(OC(C)C(C)OCc3ccccc3)n2)cc1. The zero-order chi connectivity index (χ0) is 29.7. The highest BCUT2D eigenvalue weighted by atomic mass is 32.2. The van der Waals surface area contributed by atoms with Crippen LogP contribution >= 0.6 is 0 Å². The minimum atomic E-state index is -5.26. The van der Waals surface area contributed by atoms with Crippen molar-refractivity contribution < 1.29 is 44.8 Å². The monoisotopic (exact) mass is 590 g/mol. The lowest BCUT2D eigenvalue weighted by atomic mass is 10.2. The highest BCUT2D eigenvalue weighted by molar-refractivity contribution is 7.99. The number of rotatable bonds is 10. The Morgan fingerprint density at radius 1 is 1.00 bits per heavy atom. The Balaban J connectivity index is 1.74. The van der Waals surface area contributed by atoms with Crippen molar-refractivity contribution >= 4 is 33.1 Å². The highest BCUT2D eigenvalue weighted by Gasteiger charge is 2.40. The largest absolute Gasteiger partial charge is 0.472 e. The van der Waals surface area contributed by atoms with Crippen LogP contribution in [0.5, 0.6) is 5.88 Å². The molecule has 1 aromatic heterocycles. The van der Waals surface area contributed by atoms with Gasteiger partial charge >= 0.3 is 18.3 Å². The normalized spacial score (nSPS) is 15.0. The summed E-state index contributed by atoms with van der Waals surface area (Å²) in [5, 5.41) is 2.63. The van der Waals surface area contributed by atoms with Crippen LogP contribution in [0, 0.1) is 0 Å². The first-order valence-electron chi connectivity index (χ1n) is 11.5. The molecule has 0 bridgehead atoms. The minimum absolute atomic E-state index is 0.180. The van der Waals surface area contributed by atoms with Crippen molar-refractivity contribution in [3.63, 3.8) is 0 Å². The molecule has 0 aliphatic rings. The zero-order valence-electron chi connectivity index (χ0n) is 21.0. The number of carbonyl (C=O) groups excluding carboxylic acids is 1. The van der Waals surface area contributed by atoms with Crippen LogP contribution in [-0.2, 0) is 32.0 Å². The maximum absolute atomic E-state index is 13.6. The molecule has 3 rings (SSSR count). The summed E-state index contributed by atoms with van der Waals surface area (Å²) in [7, 11) is -3.84. The summed E-state index contributed by atoms with van der Waals surface area (Å²) in [5.74, 6) is -0.321. The van der Waals surface area contributed by atoms with Crippen LogP contribution in [0.4, 0.5) is 38.0 Å². The van der Waals surface area contributed by atoms with E-state index in [9.17, 15) is 35.3 Å². The third kappa shape index (κ3) is 8.32. The average Bonchev–Trinajstić information content (AvgIpc) is 2.87. The number of anilines is 2. The highest BCUT2D eigenvalue weighted by Crippen LogP contribution is 2.36. The van der Waals surface area contributed by atoms with Crippen molar-refractivity contribution in [1.82, 2.24) is 14.7 Å². The smallest absolute Gasteiger partial charge is 0.471 e. The van der Waals surface area contributed by atoms with Gasteiger partial charge in [-0.2, -0.15) is 31.3 Å². The fourth-order valence-corrected chi connectivity index (χ4v) is 4.18. The molecule has 0 radical (unpaired) electrons. The topological polar surface area (TPSA) is 102 Å². The summed E-state index contributed by atoms with van der Waals surface area (Å²) in [4.78, 5) is 18.4. The lowest BCUT2D eigenvalue weighted by Crippen LogP contribution is -2.40. The van der Waals surface area contributed by atoms with Gasteiger partial charge in [0.15, 0.2) is 0 Å². The van der Waals surface area contributed by atoms with Crippen molar-refractivity contribution in [2.24, 2.45) is 0 Å². The summed E-state index contributed by atoms with van der Waals surface area (Å²) in [6.45, 7) is 3.38. The van der Waals surface area contributed by atoms with Gasteiger partial charge in [-0.05, 0) is 49.5 Å². The predicted octanol–water partition coefficient (Wildman–Crippen LogP) is 5.28. The molecule has 15 heteroatoms. The second kappa shape index (κ2) is 12.1. The Morgan fingerprint density at radius 3 is 2.20 bits per heavy atom. The first-order valence-corrected chi connectivity index (χ1v) is 13.2. The molecule has 0 aliphatic heterocycles. The lowest BCUT2D eigenvalue weighted by Gasteiger charge is -2.23. The van der Waals surface area contributed by atoms with Gasteiger partial charge in [0.25, 0.3) is 0 Å². The van der Waals surface area contributed by atoms with E-state index in [1.54, 1.807) is 6.92 Å². The van der Waals surface area contributed by atoms with Gasteiger partial charge in [-0.25, -0.2) is 9.19 Å². The van der Waals surface area contributed by atoms with Crippen molar-refractivity contribution in [1.29, 1.82) is 0 Å². The summed E-state index contributed by atoms with van der Waals surface area (Å²) in [6, 6.07) is 13.9. The second-order valence-corrected chi connectivity index (χ2v) is 10.5. The zero-order valence-corrected chi connectivity index (χ0v) is 21.9. The molecule has 1 amide bonds. The average molecular weight is 591 g/mol. The Morgan fingerprint density at radius 2 is 1.62 bits per heavy atom. The molecule has 1 heterocycles. The summed E-state index contributed by atoms with van der Waals surface area (Å²) < 4.78 is 103. The Kier molecular flexibility index (Phi) is 9.30. The van der Waals surface area contributed by atoms with Crippen LogP contribution in [0.2, 0.25) is 0 Å². The molecule has 0 saturated carbocycles. The van der Waals surface area contributed by atoms with Crippen LogP contribution in [0.3, 0.4) is 0 Å². The van der Waals surface area contributed by atoms with Gasteiger partial charge in [-0.3, -0.25) is 9.52 Å². The fraction of sp³-hybridized carbons (Fsp3) is 0.280. The van der Waals surface area contributed by atoms with Crippen molar-refractivity contribution in [2.75, 3.05) is 5.32 Å². The number of alkyl halides is 6. The molecule has 3 aromatic rings. The molecule has 3 atom stereocenters. The van der Waals surface area contributed by atoms with Gasteiger partial charge in [-0.1, -0.05) is 30.3 Å². The third-order valence-corrected chi connectivity index (χ3v) is 6.93. The third-order valence-electron chi connectivity index (χ3n) is 5.38. The maximum Gasteiger partial charge on any atom is 0.472 e. The molecule has 0 saturated heterocycles. The molecule has 2 aromatic carbocycles. The number of halogens is 6. The Bertz CT molecular complexity index is 1420. The van der Waals surface area contributed by atoms with E-state index >= 15 is 0 Å². The number of nitrogens with one attached hydrogen (secondary N) is 2. The van der Waals surface area contributed by atoms with Gasteiger partial charge in [0, 0.05) is 16.8 Å². The first kappa shape index (κ1) is 30.7. The number of hydrogen-bond donors (Lipinski definition) is 2. The van der Waals surface area contributed by atoms with E-state index in [1.165, 1.54) is 23.8 Å². The van der Waals surface area contributed by atoms with Gasteiger partial charge < -0.3 is 14.8 Å². The summed E-state index contributed by atoms with van der Waals surface area (Å²) in [6.07, 6.45) is -11.0. The first-order chi connectivity index (χ1) is 18.6. The standard InChI is InChI=1S/C25H24F6N4O4S/c1-15(38-14-17-7-5-4-6-8-17)16(2)39-21-20(24(26,27)28)13-32-23(34-21)33-18-9-11-19(12-10-18)40(3,37)35-22(36)25(29,30)31/h4-13,15-16H,3,14H2,1-2H3,(H,32,33,34)(H,35,36,37). The molecule has 0 spiro atoms. The van der Waals surface area contributed by atoms with E-state index in [0.29, 0.717) is 6.20 Å². The van der Waals surface area contributed by atoms with Crippen LogP contribution < -0.4 is 14.8 Å². The molecule has 0 fully saturated rings. The molecule has 8 nitrogen and oxygen atoms in total. The maximum atomic E-state index is 13.6. The number of hydrogen-bond acceptors (Lipinski definition) is 7. The van der Waals surface area contributed by atoms with Crippen molar-refractivity contribution in [2.45, 2.75) is 49.9 Å². The molecule has 3 unspecified atom stereocenters. The number of nitrogens with zero attached hydrogens (tertiary/aromatic N) is 2. The quantitative estimate of drug-likeness (QED) is 0.245. The molecule has 2 N–H and O–H groups in total. The minimum Gasteiger partial charge on any atom is -0.471 e. The second-order valence-electron chi connectivity index (χ2n) is 8.49. The lowest BCUT2D eigenvalue weighted by molar-refractivity contribution is -0.171. The molecule has 0 aliphatic carbocycles. The molecular formula is C25H24F6N4O4S. The molecule has 216 valence electrons. The number of ether oxygens (including phenoxy) is 2. The number of carbonyl (C=O) groups is 1. The van der Waals surface area contributed by atoms with E-state index in [2.05, 4.69) is 21.2 Å². The van der Waals surface area contributed by atoms with E-state index in [0.717, 1.165) is 17.7 Å². The van der Waals surface area contributed by atoms with Gasteiger partial charge in [-0.15, -0.1) is 0 Å². The number of amides is 1. The van der Waals surface area contributed by atoms with Crippen molar-refractivity contribution in [3.05, 3.63) is 71.9 Å². The van der Waals surface area contributed by atoms with Crippen LogP contribution in [0.15, 0.2) is 65.7 Å². The van der Waals surface area contributed by atoms with E-state index in [1.807, 2.05) is 30.3 Å². The molecular weight excluding hydrogens is 566 g/mol. The van der Waals surface area contributed by atoms with Crippen LogP contribution in [0.25, 0.3) is 0 Å². The predicted molar refractivity (Wildman–Crippen MR) is 135 cm³/mol. The van der Waals surface area contributed by atoms with Crippen LogP contribution in [-0.4, -0.2) is 44.3 Å². The Labute approximate surface area is 225 Å². The van der Waals surface area contributed by atoms with Gasteiger partial charge in [0.05, 0.1) is 22.4 Å². The number of aromatic nitrogens is 2. The van der Waals surface area contributed by atoms with Gasteiger partial charge in [0.1, 0.15) is 11.7 Å². The van der Waals surface area contributed by atoms with E-state index < -0.39 is 51.6 Å². The van der Waals surface area contributed by atoms with E-state index in [-0.39, 0.29) is 23.1 Å². The van der Waals surface area contributed by atoms with Crippen molar-refractivity contribution in [3.8, 4) is 5.88 Å². The molecule has 40 heavy (non-hydrogen) atoms. The summed E-state index contributed by atoms with van der Waals surface area (Å²) >= 11 is 0. The Hall–Kier alpha value is -3.85. The fourth-order valence-electron chi connectivity index (χ4n) is 3.07.